The molecule has 1 rings (SSSR count). The summed E-state index contributed by atoms with van der Waals surface area (Å²) in [5.41, 5.74) is 1.03. The van der Waals surface area contributed by atoms with E-state index in [1.807, 2.05) is 0 Å². The smallest absolute Gasteiger partial charge is 0.413 e. The van der Waals surface area contributed by atoms with Crippen LogP contribution in [0.1, 0.15) is 0 Å². The number of para-hydroxylation sites is 2. The fourth-order valence-corrected chi connectivity index (χ4v) is 2.09. The van der Waals surface area contributed by atoms with Crippen LogP contribution in [0.5, 0.6) is 0 Å². The highest BCUT2D eigenvalue weighted by molar-refractivity contribution is 7.80. The summed E-state index contributed by atoms with van der Waals surface area (Å²) in [7, 11) is 2.99. The number of benzene rings is 1. The van der Waals surface area contributed by atoms with Crippen LogP contribution in [0.2, 0.25) is 0 Å². The number of alkyl carbamates (subject to hydrolysis) is 2. The molecule has 0 bridgehead atoms. The number of carbonyl (C=O) groups is 2. The van der Waals surface area contributed by atoms with E-state index in [4.69, 9.17) is 43.4 Å². The third-order valence-corrected chi connectivity index (χ3v) is 3.30. The van der Waals surface area contributed by atoms with Crippen LogP contribution in [0.4, 0.5) is 21.0 Å². The molecule has 10 nitrogen and oxygen atoms in total. The van der Waals surface area contributed by atoms with Crippen LogP contribution < -0.4 is 21.3 Å². The number of carbonyl (C=O) groups excluding carboxylic acids is 2. The molecule has 0 saturated heterocycles. The van der Waals surface area contributed by atoms with Crippen molar-refractivity contribution in [2.75, 3.05) is 51.3 Å². The molecule has 28 heavy (non-hydrogen) atoms. The van der Waals surface area contributed by atoms with E-state index < -0.39 is 12.2 Å². The minimum absolute atomic E-state index is 0.0227. The maximum absolute atomic E-state index is 11.6. The normalized spacial score (nSPS) is 9.79. The Balaban J connectivity index is 2.55. The first-order chi connectivity index (χ1) is 13.5. The highest BCUT2D eigenvalue weighted by atomic mass is 32.1. The lowest BCUT2D eigenvalue weighted by Crippen LogP contribution is -2.36. The van der Waals surface area contributed by atoms with Crippen molar-refractivity contribution in [3.63, 3.8) is 0 Å². The lowest BCUT2D eigenvalue weighted by Gasteiger charge is -2.15. The number of hydrogen-bond acceptors (Lipinski definition) is 8. The number of thiocarbonyl (C=S) groups is 2. The van der Waals surface area contributed by atoms with E-state index in [2.05, 4.69) is 21.3 Å². The Hall–Kier alpha value is -2.54. The fraction of sp³-hybridized carbons (Fsp3) is 0.375. The number of amides is 2. The maximum atomic E-state index is 11.6. The van der Waals surface area contributed by atoms with Crippen molar-refractivity contribution in [1.29, 1.82) is 0 Å². The molecule has 154 valence electrons. The molecule has 0 aromatic heterocycles. The van der Waals surface area contributed by atoms with E-state index in [1.54, 1.807) is 24.3 Å². The highest BCUT2D eigenvalue weighted by Gasteiger charge is 2.10. The fourth-order valence-electron chi connectivity index (χ4n) is 1.70. The summed E-state index contributed by atoms with van der Waals surface area (Å²) in [6, 6.07) is 6.91. The van der Waals surface area contributed by atoms with E-state index in [9.17, 15) is 9.59 Å². The number of nitrogens with one attached hydrogen (secondary N) is 4. The Morgan fingerprint density at radius 3 is 1.54 bits per heavy atom. The van der Waals surface area contributed by atoms with Gasteiger partial charge in [0.2, 0.25) is 0 Å². The zero-order chi connectivity index (χ0) is 20.8. The SMILES string of the molecule is COCCOC(=O)NC(=S)Nc1ccccc1NC(=S)NC(=O)OCCOC. The van der Waals surface area contributed by atoms with E-state index >= 15 is 0 Å². The molecule has 0 fully saturated rings. The molecule has 0 aliphatic rings. The summed E-state index contributed by atoms with van der Waals surface area (Å²) in [6.45, 7) is 0.754. The summed E-state index contributed by atoms with van der Waals surface area (Å²) in [4.78, 5) is 23.2. The number of hydrogen-bond donors (Lipinski definition) is 4. The average Bonchev–Trinajstić information content (AvgIpc) is 2.63. The van der Waals surface area contributed by atoms with Crippen molar-refractivity contribution in [2.45, 2.75) is 0 Å². The van der Waals surface area contributed by atoms with Gasteiger partial charge < -0.3 is 29.6 Å². The van der Waals surface area contributed by atoms with Crippen LogP contribution in [0.25, 0.3) is 0 Å². The quantitative estimate of drug-likeness (QED) is 0.359. The summed E-state index contributed by atoms with van der Waals surface area (Å²) in [5.74, 6) is 0. The van der Waals surface area contributed by atoms with E-state index in [0.717, 1.165) is 0 Å². The van der Waals surface area contributed by atoms with Gasteiger partial charge in [0.15, 0.2) is 10.2 Å². The summed E-state index contributed by atoms with van der Waals surface area (Å²) in [6.07, 6.45) is -1.42. The lowest BCUT2D eigenvalue weighted by atomic mass is 10.2. The molecule has 0 aliphatic carbocycles. The molecule has 0 spiro atoms. The van der Waals surface area contributed by atoms with Crippen LogP contribution in [-0.2, 0) is 18.9 Å². The molecule has 4 N–H and O–H groups in total. The first-order valence-corrected chi connectivity index (χ1v) is 8.84. The Morgan fingerprint density at radius 1 is 0.786 bits per heavy atom. The van der Waals surface area contributed by atoms with E-state index in [0.29, 0.717) is 11.4 Å². The predicted molar refractivity (Wildman–Crippen MR) is 112 cm³/mol. The molecule has 0 saturated carbocycles. The molecule has 12 heteroatoms. The van der Waals surface area contributed by atoms with Crippen LogP contribution >= 0.6 is 24.4 Å². The van der Waals surface area contributed by atoms with Crippen LogP contribution in [0, 0.1) is 0 Å². The number of methoxy groups -OCH3 is 2. The number of rotatable bonds is 8. The highest BCUT2D eigenvalue weighted by Crippen LogP contribution is 2.20. The molecule has 0 unspecified atom stereocenters. The van der Waals surface area contributed by atoms with Crippen molar-refractivity contribution in [2.24, 2.45) is 0 Å². The molecule has 1 aromatic carbocycles. The van der Waals surface area contributed by atoms with Gasteiger partial charge in [-0.1, -0.05) is 12.1 Å². The lowest BCUT2D eigenvalue weighted by molar-refractivity contribution is 0.101. The van der Waals surface area contributed by atoms with Crippen LogP contribution in [0.3, 0.4) is 0 Å². The van der Waals surface area contributed by atoms with Gasteiger partial charge >= 0.3 is 12.2 Å². The third-order valence-electron chi connectivity index (χ3n) is 2.90. The second kappa shape index (κ2) is 13.6. The Labute approximate surface area is 173 Å². The Kier molecular flexibility index (Phi) is 11.4. The monoisotopic (exact) mass is 430 g/mol. The zero-order valence-corrected chi connectivity index (χ0v) is 17.0. The first-order valence-electron chi connectivity index (χ1n) is 8.02. The van der Waals surface area contributed by atoms with E-state index in [1.165, 1.54) is 14.2 Å². The summed E-state index contributed by atoms with van der Waals surface area (Å²) >= 11 is 10.2. The van der Waals surface area contributed by atoms with Gasteiger partial charge in [0.1, 0.15) is 13.2 Å². The van der Waals surface area contributed by atoms with Gasteiger partial charge in [-0.15, -0.1) is 0 Å². The molecule has 1 aromatic rings. The first kappa shape index (κ1) is 23.5. The Morgan fingerprint density at radius 2 is 1.18 bits per heavy atom. The van der Waals surface area contributed by atoms with E-state index in [-0.39, 0.29) is 36.7 Å². The van der Waals surface area contributed by atoms with Gasteiger partial charge in [-0.05, 0) is 36.6 Å². The second-order valence-corrected chi connectivity index (χ2v) is 5.78. The largest absolute Gasteiger partial charge is 0.447 e. The average molecular weight is 431 g/mol. The van der Waals surface area contributed by atoms with Gasteiger partial charge in [-0.2, -0.15) is 0 Å². The topological polar surface area (TPSA) is 119 Å². The van der Waals surface area contributed by atoms with Crippen molar-refractivity contribution in [1.82, 2.24) is 10.6 Å². The second-order valence-electron chi connectivity index (χ2n) is 4.96. The van der Waals surface area contributed by atoms with Crippen molar-refractivity contribution >= 4 is 58.2 Å². The summed E-state index contributed by atoms with van der Waals surface area (Å²) in [5, 5.41) is 10.5. The maximum Gasteiger partial charge on any atom is 0.413 e. The molecular formula is C16H22N4O6S2. The van der Waals surface area contributed by atoms with Gasteiger partial charge in [-0.25, -0.2) is 9.59 Å². The molecule has 0 radical (unpaired) electrons. The van der Waals surface area contributed by atoms with Crippen molar-refractivity contribution in [3.8, 4) is 0 Å². The van der Waals surface area contributed by atoms with Gasteiger partial charge in [-0.3, -0.25) is 10.6 Å². The van der Waals surface area contributed by atoms with Crippen molar-refractivity contribution in [3.05, 3.63) is 24.3 Å². The molecule has 0 atom stereocenters. The van der Waals surface area contributed by atoms with Crippen LogP contribution in [-0.4, -0.2) is 63.1 Å². The Bertz CT molecular complexity index is 632. The molecular weight excluding hydrogens is 408 g/mol. The number of ether oxygens (including phenoxy) is 4. The van der Waals surface area contributed by atoms with Gasteiger partial charge in [0, 0.05) is 14.2 Å². The number of anilines is 2. The summed E-state index contributed by atoms with van der Waals surface area (Å²) < 4.78 is 19.3. The van der Waals surface area contributed by atoms with Crippen molar-refractivity contribution < 1.29 is 28.5 Å². The minimum atomic E-state index is -0.712. The molecule has 0 heterocycles. The van der Waals surface area contributed by atoms with Gasteiger partial charge in [0.05, 0.1) is 24.6 Å². The third kappa shape index (κ3) is 9.97. The zero-order valence-electron chi connectivity index (χ0n) is 15.4. The molecule has 2 amide bonds. The molecule has 0 aliphatic heterocycles. The van der Waals surface area contributed by atoms with Gasteiger partial charge in [0.25, 0.3) is 0 Å². The predicted octanol–water partition coefficient (Wildman–Crippen LogP) is 1.83. The standard InChI is InChI=1S/C16H22N4O6S2/c1-23-7-9-25-15(21)19-13(27)17-11-5-3-4-6-12(11)18-14(28)20-16(22)26-10-8-24-2/h3-6H,7-10H2,1-2H3,(H2,17,19,21,27)(H2,18,20,22,28). The minimum Gasteiger partial charge on any atom is -0.447 e. The van der Waals surface area contributed by atoms with Crippen LogP contribution in [0.15, 0.2) is 24.3 Å².